The Hall–Kier alpha value is -2.03. The van der Waals surface area contributed by atoms with E-state index in [9.17, 15) is 13.2 Å². The number of ether oxygens (including phenoxy) is 1. The summed E-state index contributed by atoms with van der Waals surface area (Å²) in [6.07, 6.45) is -3.28. The minimum absolute atomic E-state index is 0.0466. The van der Waals surface area contributed by atoms with Crippen LogP contribution in [-0.2, 0) is 6.18 Å². The van der Waals surface area contributed by atoms with Gasteiger partial charge in [-0.2, -0.15) is 13.2 Å². The molecule has 2 aromatic rings. The third-order valence-electron chi connectivity index (χ3n) is 2.57. The number of anilines is 3. The Kier molecular flexibility index (Phi) is 4.21. The molecule has 0 spiro atoms. The van der Waals surface area contributed by atoms with Crippen molar-refractivity contribution < 1.29 is 17.9 Å². The zero-order valence-corrected chi connectivity index (χ0v) is 12.3. The van der Waals surface area contributed by atoms with Crippen molar-refractivity contribution in [2.45, 2.75) is 6.18 Å². The predicted octanol–water partition coefficient (Wildman–Crippen LogP) is 3.59. The van der Waals surface area contributed by atoms with Gasteiger partial charge in [-0.05, 0) is 18.2 Å². The highest BCUT2D eigenvalue weighted by molar-refractivity contribution is 9.10. The SMILES string of the molecule is COc1c(N)ncnc1Nc1ccc(Br)c(C(F)(F)F)c1. The number of nitrogens with one attached hydrogen (secondary N) is 1. The van der Waals surface area contributed by atoms with Crippen LogP contribution in [0.3, 0.4) is 0 Å². The number of nitrogens with zero attached hydrogens (tertiary/aromatic N) is 2. The summed E-state index contributed by atoms with van der Waals surface area (Å²) in [4.78, 5) is 7.64. The number of rotatable bonds is 3. The van der Waals surface area contributed by atoms with E-state index in [0.29, 0.717) is 0 Å². The molecule has 1 aromatic heterocycles. The highest BCUT2D eigenvalue weighted by Crippen LogP contribution is 2.37. The first-order chi connectivity index (χ1) is 9.82. The Morgan fingerprint density at radius 2 is 2.00 bits per heavy atom. The third kappa shape index (κ3) is 3.35. The lowest BCUT2D eigenvalue weighted by Crippen LogP contribution is -2.07. The second kappa shape index (κ2) is 5.76. The van der Waals surface area contributed by atoms with Crippen LogP contribution in [0, 0.1) is 0 Å². The van der Waals surface area contributed by atoms with Crippen LogP contribution < -0.4 is 15.8 Å². The summed E-state index contributed by atoms with van der Waals surface area (Å²) < 4.78 is 43.5. The van der Waals surface area contributed by atoms with Gasteiger partial charge in [-0.15, -0.1) is 0 Å². The van der Waals surface area contributed by atoms with E-state index < -0.39 is 11.7 Å². The van der Waals surface area contributed by atoms with Crippen molar-refractivity contribution in [3.05, 3.63) is 34.6 Å². The summed E-state index contributed by atoms with van der Waals surface area (Å²) in [7, 11) is 1.36. The highest BCUT2D eigenvalue weighted by Gasteiger charge is 2.33. The van der Waals surface area contributed by atoms with Crippen molar-refractivity contribution in [2.75, 3.05) is 18.2 Å². The number of hydrogen-bond acceptors (Lipinski definition) is 5. The van der Waals surface area contributed by atoms with Crippen molar-refractivity contribution in [1.29, 1.82) is 0 Å². The van der Waals surface area contributed by atoms with Crippen LogP contribution >= 0.6 is 15.9 Å². The number of aromatic nitrogens is 2. The number of methoxy groups -OCH3 is 1. The summed E-state index contributed by atoms with van der Waals surface area (Å²) in [6.45, 7) is 0. The standard InChI is InChI=1S/C12H10BrF3N4O/c1-21-9-10(17)18-5-19-11(9)20-6-2-3-8(13)7(4-6)12(14,15)16/h2-5H,1H3,(H3,17,18,19,20). The van der Waals surface area contributed by atoms with Crippen molar-refractivity contribution in [1.82, 2.24) is 9.97 Å². The smallest absolute Gasteiger partial charge is 0.417 e. The minimum Gasteiger partial charge on any atom is -0.490 e. The van der Waals surface area contributed by atoms with E-state index in [1.54, 1.807) is 0 Å². The average Bonchev–Trinajstić information content (AvgIpc) is 2.40. The minimum atomic E-state index is -4.47. The molecule has 0 aliphatic heterocycles. The van der Waals surface area contributed by atoms with E-state index in [0.717, 1.165) is 6.07 Å². The fourth-order valence-corrected chi connectivity index (χ4v) is 2.11. The molecule has 1 aromatic carbocycles. The van der Waals surface area contributed by atoms with Gasteiger partial charge in [0, 0.05) is 10.2 Å². The van der Waals surface area contributed by atoms with Gasteiger partial charge in [-0.1, -0.05) is 15.9 Å². The van der Waals surface area contributed by atoms with Gasteiger partial charge in [0.15, 0.2) is 11.6 Å². The quantitative estimate of drug-likeness (QED) is 0.872. The van der Waals surface area contributed by atoms with Gasteiger partial charge >= 0.3 is 6.18 Å². The number of nitrogen functional groups attached to an aromatic ring is 1. The van der Waals surface area contributed by atoms with Crippen LogP contribution in [0.4, 0.5) is 30.5 Å². The fourth-order valence-electron chi connectivity index (χ4n) is 1.63. The molecular weight excluding hydrogens is 353 g/mol. The maximum atomic E-state index is 12.8. The van der Waals surface area contributed by atoms with Gasteiger partial charge in [0.05, 0.1) is 12.7 Å². The topological polar surface area (TPSA) is 73.1 Å². The zero-order valence-electron chi connectivity index (χ0n) is 10.7. The fraction of sp³-hybridized carbons (Fsp3) is 0.167. The normalized spacial score (nSPS) is 11.3. The van der Waals surface area contributed by atoms with Crippen molar-refractivity contribution in [3.8, 4) is 5.75 Å². The Morgan fingerprint density at radius 3 is 2.62 bits per heavy atom. The van der Waals surface area contributed by atoms with Crippen molar-refractivity contribution in [2.24, 2.45) is 0 Å². The first-order valence-electron chi connectivity index (χ1n) is 5.61. The largest absolute Gasteiger partial charge is 0.490 e. The molecule has 0 unspecified atom stereocenters. The Bertz CT molecular complexity index is 663. The van der Waals surface area contributed by atoms with Gasteiger partial charge in [0.2, 0.25) is 5.75 Å². The maximum Gasteiger partial charge on any atom is 0.417 e. The molecule has 0 aliphatic rings. The summed E-state index contributed by atoms with van der Waals surface area (Å²) in [5.41, 5.74) is 5.00. The van der Waals surface area contributed by atoms with Crippen LogP contribution in [0.1, 0.15) is 5.56 Å². The van der Waals surface area contributed by atoms with E-state index in [-0.39, 0.29) is 27.5 Å². The molecule has 0 amide bonds. The van der Waals surface area contributed by atoms with Crippen LogP contribution in [0.2, 0.25) is 0 Å². The Morgan fingerprint density at radius 1 is 1.29 bits per heavy atom. The molecule has 3 N–H and O–H groups in total. The molecule has 0 aliphatic carbocycles. The van der Waals surface area contributed by atoms with Crippen LogP contribution in [0.15, 0.2) is 29.0 Å². The van der Waals surface area contributed by atoms with Gasteiger partial charge in [-0.3, -0.25) is 0 Å². The lowest BCUT2D eigenvalue weighted by atomic mass is 10.2. The van der Waals surface area contributed by atoms with Gasteiger partial charge in [-0.25, -0.2) is 9.97 Å². The van der Waals surface area contributed by atoms with Gasteiger partial charge in [0.25, 0.3) is 0 Å². The molecule has 0 fully saturated rings. The molecular formula is C12H10BrF3N4O. The van der Waals surface area contributed by atoms with Crippen LogP contribution in [0.25, 0.3) is 0 Å². The van der Waals surface area contributed by atoms with E-state index in [1.165, 1.54) is 25.6 Å². The molecule has 5 nitrogen and oxygen atoms in total. The van der Waals surface area contributed by atoms with E-state index in [2.05, 4.69) is 31.2 Å². The molecule has 2 rings (SSSR count). The molecule has 112 valence electrons. The Labute approximate surface area is 126 Å². The summed E-state index contributed by atoms with van der Waals surface area (Å²) >= 11 is 2.87. The number of hydrogen-bond donors (Lipinski definition) is 2. The van der Waals surface area contributed by atoms with Gasteiger partial charge < -0.3 is 15.8 Å². The predicted molar refractivity (Wildman–Crippen MR) is 75.4 cm³/mol. The molecule has 0 radical (unpaired) electrons. The molecule has 0 saturated carbocycles. The highest BCUT2D eigenvalue weighted by atomic mass is 79.9. The number of benzene rings is 1. The van der Waals surface area contributed by atoms with Gasteiger partial charge in [0.1, 0.15) is 6.33 Å². The number of nitrogens with two attached hydrogens (primary N) is 1. The van der Waals surface area contributed by atoms with E-state index >= 15 is 0 Å². The molecule has 0 atom stereocenters. The van der Waals surface area contributed by atoms with Crippen LogP contribution in [-0.4, -0.2) is 17.1 Å². The summed E-state index contributed by atoms with van der Waals surface area (Å²) in [5.74, 6) is 0.428. The first kappa shape index (κ1) is 15.4. The van der Waals surface area contributed by atoms with Crippen molar-refractivity contribution in [3.63, 3.8) is 0 Å². The number of halogens is 4. The Balaban J connectivity index is 2.39. The monoisotopic (exact) mass is 362 g/mol. The summed E-state index contributed by atoms with van der Waals surface area (Å²) in [6, 6.07) is 3.72. The zero-order chi connectivity index (χ0) is 15.6. The molecule has 21 heavy (non-hydrogen) atoms. The molecule has 0 saturated heterocycles. The summed E-state index contributed by atoms with van der Waals surface area (Å²) in [5, 5.41) is 2.73. The second-order valence-corrected chi connectivity index (χ2v) is 4.81. The maximum absolute atomic E-state index is 12.8. The second-order valence-electron chi connectivity index (χ2n) is 3.96. The van der Waals surface area contributed by atoms with Crippen molar-refractivity contribution >= 4 is 33.3 Å². The lowest BCUT2D eigenvalue weighted by molar-refractivity contribution is -0.138. The van der Waals surface area contributed by atoms with E-state index in [4.69, 9.17) is 10.5 Å². The van der Waals surface area contributed by atoms with E-state index in [1.807, 2.05) is 0 Å². The molecule has 9 heteroatoms. The first-order valence-corrected chi connectivity index (χ1v) is 6.40. The third-order valence-corrected chi connectivity index (χ3v) is 3.26. The molecule has 1 heterocycles. The lowest BCUT2D eigenvalue weighted by Gasteiger charge is -2.14. The average molecular weight is 363 g/mol. The molecule has 0 bridgehead atoms. The number of alkyl halides is 3. The van der Waals surface area contributed by atoms with Crippen LogP contribution in [0.5, 0.6) is 5.75 Å².